The van der Waals surface area contributed by atoms with E-state index in [9.17, 15) is 46.7 Å². The van der Waals surface area contributed by atoms with Crippen molar-refractivity contribution in [1.82, 2.24) is 40.1 Å². The number of nitrogens with two attached hydrogens (primary N) is 1. The van der Waals surface area contributed by atoms with Gasteiger partial charge in [0.05, 0.1) is 62.4 Å². The molecule has 3 aliphatic rings. The molecule has 15 rings (SSSR count). The Labute approximate surface area is 702 Å². The van der Waals surface area contributed by atoms with Crippen LogP contribution < -0.4 is 25.3 Å². The maximum atomic E-state index is 14.9. The van der Waals surface area contributed by atoms with E-state index >= 15 is 0 Å². The lowest BCUT2D eigenvalue weighted by molar-refractivity contribution is -0.156. The Morgan fingerprint density at radius 2 is 0.832 bits per heavy atom. The number of esters is 2. The van der Waals surface area contributed by atoms with E-state index in [1.807, 2.05) is 61.3 Å². The minimum Gasteiger partial charge on any atom is -0.453 e. The third-order valence-electron chi connectivity index (χ3n) is 20.0. The number of nitrogens with one attached hydrogen (secondary N) is 1. The van der Waals surface area contributed by atoms with Gasteiger partial charge in [0, 0.05) is 151 Å². The van der Waals surface area contributed by atoms with Crippen molar-refractivity contribution in [3.8, 4) is 66.2 Å². The van der Waals surface area contributed by atoms with E-state index in [1.165, 1.54) is 72.3 Å². The number of rotatable bonds is 31. The summed E-state index contributed by atoms with van der Waals surface area (Å²) in [6.45, 7) is 17.8. The average molecular weight is 1670 g/mol. The molecule has 9 heterocycles. The summed E-state index contributed by atoms with van der Waals surface area (Å²) in [5, 5.41) is 3.48. The maximum absolute atomic E-state index is 14.9. The molecule has 0 aliphatic heterocycles. The first kappa shape index (κ1) is 88.6. The van der Waals surface area contributed by atoms with Crippen LogP contribution >= 0.6 is 34.0 Å². The van der Waals surface area contributed by atoms with Gasteiger partial charge in [-0.1, -0.05) is 51.1 Å². The van der Waals surface area contributed by atoms with Gasteiger partial charge >= 0.3 is 11.9 Å². The predicted molar refractivity (Wildman–Crippen MR) is 460 cm³/mol. The summed E-state index contributed by atoms with van der Waals surface area (Å²) in [5.41, 5.74) is 14.5. The van der Waals surface area contributed by atoms with Crippen molar-refractivity contribution in [3.63, 3.8) is 0 Å². The van der Waals surface area contributed by atoms with Crippen LogP contribution in [-0.4, -0.2) is 94.4 Å². The number of pyridine rings is 6. The molecule has 3 aromatic carbocycles. The first-order chi connectivity index (χ1) is 57.3. The Kier molecular flexibility index (Phi) is 31.6. The normalized spacial score (nSPS) is 13.5. The van der Waals surface area contributed by atoms with E-state index in [0.29, 0.717) is 101 Å². The van der Waals surface area contributed by atoms with Crippen molar-refractivity contribution in [2.24, 2.45) is 23.5 Å². The summed E-state index contributed by atoms with van der Waals surface area (Å²) in [7, 11) is 0. The zero-order chi connectivity index (χ0) is 84.8. The fourth-order valence-electron chi connectivity index (χ4n) is 12.4. The first-order valence-electron chi connectivity index (χ1n) is 40.1. The number of amides is 1. The van der Waals surface area contributed by atoms with E-state index in [0.717, 1.165) is 139 Å². The van der Waals surface area contributed by atoms with Gasteiger partial charge in [-0.05, 0) is 203 Å². The van der Waals surface area contributed by atoms with Crippen LogP contribution in [0.5, 0.6) is 34.5 Å². The van der Waals surface area contributed by atoms with Crippen LogP contribution in [0.25, 0.3) is 62.4 Å². The fraction of sp³-hybridized carbons (Fsp3) is 0.344. The lowest BCUT2D eigenvalue weighted by Crippen LogP contribution is -2.36. The summed E-state index contributed by atoms with van der Waals surface area (Å²) >= 11 is 4.43. The summed E-state index contributed by atoms with van der Waals surface area (Å²) in [6.07, 6.45) is 23.2. The van der Waals surface area contributed by atoms with Crippen LogP contribution in [0.3, 0.4) is 0 Å². The predicted octanol–water partition coefficient (Wildman–Crippen LogP) is 21.3. The molecule has 3 atom stereocenters. The molecule has 0 radical (unpaired) electrons. The molecule has 9 aromatic heterocycles. The van der Waals surface area contributed by atoms with Gasteiger partial charge < -0.3 is 34.9 Å². The van der Waals surface area contributed by atoms with Crippen LogP contribution in [-0.2, 0) is 65.9 Å². The smallest absolute Gasteiger partial charge is 0.310 e. The molecule has 119 heavy (non-hydrogen) atoms. The molecule has 20 nitrogen and oxygen atoms in total. The number of benzene rings is 3. The van der Waals surface area contributed by atoms with Crippen LogP contribution in [0.4, 0.5) is 13.2 Å². The van der Waals surface area contributed by atoms with Gasteiger partial charge in [-0.2, -0.15) is 0 Å². The number of thiophene rings is 3. The fourth-order valence-corrected chi connectivity index (χ4v) is 15.5. The van der Waals surface area contributed by atoms with Gasteiger partial charge in [-0.25, -0.2) is 13.2 Å². The molecule has 0 bridgehead atoms. The molecule has 620 valence electrons. The van der Waals surface area contributed by atoms with Crippen LogP contribution in [0.1, 0.15) is 178 Å². The third-order valence-corrected chi connectivity index (χ3v) is 23.5. The van der Waals surface area contributed by atoms with E-state index in [-0.39, 0.29) is 65.8 Å². The number of hydrogen-bond acceptors (Lipinski definition) is 22. The Bertz CT molecular complexity index is 5520. The average Bonchev–Trinajstić information content (AvgIpc) is 1.65. The van der Waals surface area contributed by atoms with Crippen LogP contribution in [0.15, 0.2) is 165 Å². The number of nitrogens with zero attached hydrogens (tertiary/aromatic N) is 7. The quantitative estimate of drug-likeness (QED) is 0.0232. The molecule has 0 unspecified atom stereocenters. The highest BCUT2D eigenvalue weighted by Crippen LogP contribution is 2.44. The number of carbonyl (C=O) groups excluding carboxylic acids is 7. The number of hydrogen-bond donors (Lipinski definition) is 2. The van der Waals surface area contributed by atoms with Crippen molar-refractivity contribution in [2.45, 2.75) is 190 Å². The standard InChI is InChI=1S/C31H32FN3O3S.C29H30FN3O2S.C25H19FN2O3S.C4H11N.C4H6O3/c1-4-19(2)35(20(3)36)18-23-7-9-26(34-17-23)30-16-27-31(39-30)29(11-12-33-27)38-28-10-8-22(15-25(28)32)14-24(37)13-21-5-6-21;1-3-18(2)32-16-21-6-8-24(33-17-21)28-15-25-29(36-28)27(10-11-31-25)35-26-9-7-20(14-23(26)30)13-22(34)12-19-4-5-19;26-19-11-16(10-18(30)9-15-1-2-15)4-6-22(19)31-23-7-8-27-21-12-24(32-25(21)23)20-5-3-17(14-29)13-28-20;1-3-4(2)5;1-3(5)7-4(2)6/h7-12,15-17,19,21H,4-6,13-14,18H2,1-3H3;6-11,14-15,17-19,32H,3-5,12-13,16H2,1-2H3;3-8,11-15H,1-2,9-10H2;4H,3,5H2,1-2H3;1-2H3/t19-;18-;;4-;/m00.0./s1. The first-order valence-corrected chi connectivity index (χ1v) is 42.6. The van der Waals surface area contributed by atoms with Crippen molar-refractivity contribution < 1.29 is 65.7 Å². The maximum Gasteiger partial charge on any atom is 0.310 e. The summed E-state index contributed by atoms with van der Waals surface area (Å²) in [4.78, 5) is 110. The van der Waals surface area contributed by atoms with Crippen molar-refractivity contribution >= 4 is 106 Å². The SMILES string of the molecule is CC(=O)OC(C)=O.CC[C@H](C)N.CC[C@H](C)N(Cc1ccc(-c2cc3nccc(Oc4ccc(CC(=O)CC5CC5)cc4F)c3s2)nc1)C(C)=O.CC[C@H](C)NCc1ccc(-c2cc3nccc(Oc4ccc(CC(=O)CC5CC5)cc4F)c3s2)nc1.O=Cc1ccc(-c2cc3nccc(Oc4ccc(CC(=O)CC5CC5)cc4F)c3s2)nc1. The zero-order valence-corrected chi connectivity index (χ0v) is 70.7. The van der Waals surface area contributed by atoms with Gasteiger partial charge in [0.2, 0.25) is 5.91 Å². The minimum atomic E-state index is -0.562. The Morgan fingerprint density at radius 3 is 1.12 bits per heavy atom. The molecule has 3 fully saturated rings. The highest BCUT2D eigenvalue weighted by molar-refractivity contribution is 7.23. The zero-order valence-electron chi connectivity index (χ0n) is 68.2. The monoisotopic (exact) mass is 1670 g/mol. The summed E-state index contributed by atoms with van der Waals surface area (Å²) < 4.78 is 68.7. The Morgan fingerprint density at radius 1 is 0.471 bits per heavy atom. The Hall–Kier alpha value is -11.2. The van der Waals surface area contributed by atoms with E-state index in [1.54, 1.807) is 98.4 Å². The van der Waals surface area contributed by atoms with Gasteiger partial charge in [0.1, 0.15) is 34.6 Å². The van der Waals surface area contributed by atoms with Crippen LogP contribution in [0, 0.1) is 35.2 Å². The lowest BCUT2D eigenvalue weighted by atomic mass is 10.0. The second kappa shape index (κ2) is 42.5. The largest absolute Gasteiger partial charge is 0.453 e. The molecule has 12 aromatic rings. The topological polar surface area (TPSA) is 275 Å². The van der Waals surface area contributed by atoms with Crippen molar-refractivity contribution in [3.05, 3.63) is 215 Å². The number of fused-ring (bicyclic) bond motifs is 3. The minimum absolute atomic E-state index is 0.0460. The molecule has 0 saturated heterocycles. The molecule has 3 N–H and O–H groups in total. The molecule has 0 spiro atoms. The van der Waals surface area contributed by atoms with Gasteiger partial charge in [0.15, 0.2) is 41.0 Å². The second-order valence-electron chi connectivity index (χ2n) is 30.4. The second-order valence-corrected chi connectivity index (χ2v) is 33.5. The van der Waals surface area contributed by atoms with E-state index in [2.05, 4.69) is 73.7 Å². The van der Waals surface area contributed by atoms with Crippen LogP contribution in [0.2, 0.25) is 0 Å². The number of ether oxygens (including phenoxy) is 4. The molecule has 26 heteroatoms. The highest BCUT2D eigenvalue weighted by atomic mass is 32.1. The number of ketones is 3. The van der Waals surface area contributed by atoms with Gasteiger partial charge in [0.25, 0.3) is 0 Å². The number of carbonyl (C=O) groups is 7. The third kappa shape index (κ3) is 26.7. The summed E-state index contributed by atoms with van der Waals surface area (Å²) in [6, 6.07) is 37.7. The van der Waals surface area contributed by atoms with Crippen molar-refractivity contribution in [1.29, 1.82) is 0 Å². The molecule has 3 saturated carbocycles. The number of halogens is 3. The van der Waals surface area contributed by atoms with Gasteiger partial charge in [-0.3, -0.25) is 63.5 Å². The Balaban J connectivity index is 0.000000164. The van der Waals surface area contributed by atoms with E-state index < -0.39 is 29.4 Å². The number of Topliss-reactive ketones (excluding diaryl/α,β-unsaturated/α-hetero) is 3. The molecule has 1 amide bonds. The van der Waals surface area contributed by atoms with Crippen molar-refractivity contribution in [2.75, 3.05) is 0 Å². The number of aromatic nitrogens is 6. The highest BCUT2D eigenvalue weighted by Gasteiger charge is 2.28. The molecular formula is C93H98F3N9O11S3. The van der Waals surface area contributed by atoms with E-state index in [4.69, 9.17) is 19.9 Å². The molecular weight excluding hydrogens is 1570 g/mol. The summed E-state index contributed by atoms with van der Waals surface area (Å²) in [5.74, 6) is 1.38. The van der Waals surface area contributed by atoms with Gasteiger partial charge in [-0.15, -0.1) is 34.0 Å². The lowest BCUT2D eigenvalue weighted by Gasteiger charge is -2.27. The number of aldehydes is 1. The molecule has 3 aliphatic carbocycles.